The van der Waals surface area contributed by atoms with Crippen molar-refractivity contribution in [3.63, 3.8) is 0 Å². The molecule has 1 unspecified atom stereocenters. The van der Waals surface area contributed by atoms with E-state index in [1.807, 2.05) is 0 Å². The molecule has 1 amide bonds. The van der Waals surface area contributed by atoms with Gasteiger partial charge in [0.1, 0.15) is 0 Å². The minimum absolute atomic E-state index is 0.0303. The summed E-state index contributed by atoms with van der Waals surface area (Å²) in [5.74, 6) is -1.40. The van der Waals surface area contributed by atoms with Crippen molar-refractivity contribution < 1.29 is 21.6 Å². The number of hydrogen-bond acceptors (Lipinski definition) is 5. The molecule has 7 nitrogen and oxygen atoms in total. The predicted molar refractivity (Wildman–Crippen MR) is 102 cm³/mol. The van der Waals surface area contributed by atoms with Crippen LogP contribution in [-0.2, 0) is 31.4 Å². The van der Waals surface area contributed by atoms with Crippen molar-refractivity contribution in [1.29, 1.82) is 0 Å². The van der Waals surface area contributed by atoms with Gasteiger partial charge >= 0.3 is 0 Å². The van der Waals surface area contributed by atoms with E-state index in [2.05, 4.69) is 4.72 Å². The van der Waals surface area contributed by atoms with Crippen LogP contribution < -0.4 is 9.03 Å². The number of rotatable bonds is 5. The number of carbonyl (C=O) groups excluding carboxylic acids is 1. The second-order valence-electron chi connectivity index (χ2n) is 6.23. The van der Waals surface area contributed by atoms with Crippen molar-refractivity contribution >= 4 is 43.2 Å². The number of benzene rings is 2. The molecule has 0 aromatic heterocycles. The van der Waals surface area contributed by atoms with Crippen molar-refractivity contribution in [3.8, 4) is 0 Å². The third kappa shape index (κ3) is 4.16. The average Bonchev–Trinajstić information content (AvgIpc) is 2.82. The molecule has 2 aromatic rings. The Kier molecular flexibility index (Phi) is 5.31. The minimum atomic E-state index is -3.80. The van der Waals surface area contributed by atoms with Crippen LogP contribution in [0.4, 0.5) is 5.69 Å². The molecule has 1 aliphatic rings. The summed E-state index contributed by atoms with van der Waals surface area (Å²) in [4.78, 5) is 12.1. The Morgan fingerprint density at radius 2 is 1.70 bits per heavy atom. The van der Waals surface area contributed by atoms with Crippen LogP contribution in [0.5, 0.6) is 0 Å². The van der Waals surface area contributed by atoms with Gasteiger partial charge in [0.05, 0.1) is 22.3 Å². The van der Waals surface area contributed by atoms with Gasteiger partial charge in [0, 0.05) is 11.6 Å². The highest BCUT2D eigenvalue weighted by atomic mass is 35.5. The van der Waals surface area contributed by atoms with E-state index in [0.717, 1.165) is 9.87 Å². The van der Waals surface area contributed by atoms with Crippen molar-refractivity contribution in [2.45, 2.75) is 18.4 Å². The summed E-state index contributed by atoms with van der Waals surface area (Å²) in [6.45, 7) is 1.62. The van der Waals surface area contributed by atoms with E-state index in [-0.39, 0.29) is 22.9 Å². The molecule has 0 bridgehead atoms. The monoisotopic (exact) mass is 428 g/mol. The number of anilines is 1. The Morgan fingerprint density at radius 1 is 1.11 bits per heavy atom. The molecule has 1 heterocycles. The Balaban J connectivity index is 1.78. The van der Waals surface area contributed by atoms with Crippen LogP contribution in [0, 0.1) is 5.92 Å². The molecule has 27 heavy (non-hydrogen) atoms. The molecule has 10 heteroatoms. The minimum Gasteiger partial charge on any atom is -0.273 e. The number of hydrogen-bond donors (Lipinski definition) is 1. The summed E-state index contributed by atoms with van der Waals surface area (Å²) in [7, 11) is -7.53. The van der Waals surface area contributed by atoms with Gasteiger partial charge in [-0.05, 0) is 42.0 Å². The molecule has 0 saturated carbocycles. The molecule has 1 N–H and O–H groups in total. The van der Waals surface area contributed by atoms with Crippen LogP contribution in [0.2, 0.25) is 5.02 Å². The van der Waals surface area contributed by atoms with E-state index in [1.54, 1.807) is 31.2 Å². The van der Waals surface area contributed by atoms with Crippen LogP contribution in [-0.4, -0.2) is 28.5 Å². The number of amides is 1. The van der Waals surface area contributed by atoms with Gasteiger partial charge in [-0.25, -0.2) is 25.9 Å². The lowest BCUT2D eigenvalue weighted by molar-refractivity contribution is -0.119. The lowest BCUT2D eigenvalue weighted by Gasteiger charge is -2.15. The summed E-state index contributed by atoms with van der Waals surface area (Å²) >= 11 is 5.80. The highest BCUT2D eigenvalue weighted by Gasteiger charge is 2.41. The topological polar surface area (TPSA) is 101 Å². The van der Waals surface area contributed by atoms with Crippen LogP contribution in [0.25, 0.3) is 0 Å². The smallest absolute Gasteiger partial charge is 0.244 e. The molecule has 0 aliphatic carbocycles. The molecule has 2 aromatic carbocycles. The average molecular weight is 429 g/mol. The van der Waals surface area contributed by atoms with E-state index < -0.39 is 31.9 Å². The molecule has 0 spiro atoms. The largest absolute Gasteiger partial charge is 0.273 e. The van der Waals surface area contributed by atoms with Crippen molar-refractivity contribution in [3.05, 3.63) is 59.1 Å². The first-order valence-electron chi connectivity index (χ1n) is 8.01. The first-order chi connectivity index (χ1) is 12.6. The van der Waals surface area contributed by atoms with Gasteiger partial charge in [0.2, 0.25) is 26.0 Å². The summed E-state index contributed by atoms with van der Waals surface area (Å²) in [6.07, 6.45) is 0. The van der Waals surface area contributed by atoms with Gasteiger partial charge in [-0.3, -0.25) is 4.79 Å². The van der Waals surface area contributed by atoms with Gasteiger partial charge in [-0.1, -0.05) is 30.7 Å². The highest BCUT2D eigenvalue weighted by molar-refractivity contribution is 7.94. The predicted octanol–water partition coefficient (Wildman–Crippen LogP) is 2.13. The quantitative estimate of drug-likeness (QED) is 0.786. The SMILES string of the molecule is CC1CS(=O)(=O)N(c2ccc(S(=O)(=O)NCc3ccc(Cl)cc3)cc2)C1=O. The molecule has 1 aliphatic heterocycles. The fourth-order valence-corrected chi connectivity index (χ4v) is 5.68. The highest BCUT2D eigenvalue weighted by Crippen LogP contribution is 2.29. The summed E-state index contributed by atoms with van der Waals surface area (Å²) in [5.41, 5.74) is 0.864. The van der Waals surface area contributed by atoms with Crippen LogP contribution in [0.15, 0.2) is 53.4 Å². The zero-order chi connectivity index (χ0) is 19.8. The Bertz CT molecular complexity index is 1070. The zero-order valence-corrected chi connectivity index (χ0v) is 16.7. The Morgan fingerprint density at radius 3 is 2.22 bits per heavy atom. The van der Waals surface area contributed by atoms with Gasteiger partial charge in [0.25, 0.3) is 0 Å². The molecular weight excluding hydrogens is 412 g/mol. The van der Waals surface area contributed by atoms with Gasteiger partial charge in [-0.2, -0.15) is 0 Å². The number of carbonyl (C=O) groups is 1. The number of nitrogens with one attached hydrogen (secondary N) is 1. The van der Waals surface area contributed by atoms with Gasteiger partial charge in [-0.15, -0.1) is 0 Å². The lowest BCUT2D eigenvalue weighted by atomic mass is 10.2. The van der Waals surface area contributed by atoms with E-state index in [4.69, 9.17) is 11.6 Å². The standard InChI is InChI=1S/C17H17ClN2O5S2/c1-12-11-26(22,23)20(17(12)21)15-6-8-16(9-7-15)27(24,25)19-10-13-2-4-14(18)5-3-13/h2-9,12,19H,10-11H2,1H3. The molecule has 1 saturated heterocycles. The first kappa shape index (κ1) is 19.8. The third-order valence-electron chi connectivity index (χ3n) is 4.12. The van der Waals surface area contributed by atoms with Crippen molar-refractivity contribution in [1.82, 2.24) is 4.72 Å². The van der Waals surface area contributed by atoms with E-state index in [1.165, 1.54) is 24.3 Å². The number of sulfonamides is 2. The third-order valence-corrected chi connectivity index (χ3v) is 7.66. The van der Waals surface area contributed by atoms with E-state index in [0.29, 0.717) is 5.02 Å². The summed E-state index contributed by atoms with van der Waals surface area (Å²) < 4.78 is 52.2. The van der Waals surface area contributed by atoms with Crippen LogP contribution in [0.1, 0.15) is 12.5 Å². The van der Waals surface area contributed by atoms with Crippen LogP contribution >= 0.6 is 11.6 Å². The second-order valence-corrected chi connectivity index (χ2v) is 10.3. The van der Waals surface area contributed by atoms with Crippen LogP contribution in [0.3, 0.4) is 0 Å². The zero-order valence-electron chi connectivity index (χ0n) is 14.3. The van der Waals surface area contributed by atoms with E-state index in [9.17, 15) is 21.6 Å². The van der Waals surface area contributed by atoms with Gasteiger partial charge < -0.3 is 0 Å². The maximum Gasteiger partial charge on any atom is 0.244 e. The Labute approximate surface area is 163 Å². The summed E-state index contributed by atoms with van der Waals surface area (Å²) in [5, 5.41) is 0.554. The number of nitrogens with zero attached hydrogens (tertiary/aromatic N) is 1. The lowest BCUT2D eigenvalue weighted by Crippen LogP contribution is -2.30. The maximum atomic E-state index is 12.4. The Hall–Kier alpha value is -1.94. The second kappa shape index (κ2) is 7.23. The molecule has 3 rings (SSSR count). The fourth-order valence-electron chi connectivity index (χ4n) is 2.71. The van der Waals surface area contributed by atoms with E-state index >= 15 is 0 Å². The molecule has 1 atom stereocenters. The van der Waals surface area contributed by atoms with Crippen molar-refractivity contribution in [2.75, 3.05) is 10.1 Å². The van der Waals surface area contributed by atoms with Gasteiger partial charge in [0.15, 0.2) is 0 Å². The molecule has 1 fully saturated rings. The normalized spacial score (nSPS) is 19.4. The molecule has 0 radical (unpaired) electrons. The summed E-state index contributed by atoms with van der Waals surface area (Å²) in [6, 6.07) is 11.9. The van der Waals surface area contributed by atoms with Crippen molar-refractivity contribution in [2.24, 2.45) is 5.92 Å². The number of halogens is 1. The molecule has 144 valence electrons. The first-order valence-corrected chi connectivity index (χ1v) is 11.5. The molecular formula is C17H17ClN2O5S2. The maximum absolute atomic E-state index is 12.4. The fraction of sp³-hybridized carbons (Fsp3) is 0.235.